The minimum absolute atomic E-state index is 0.388. The monoisotopic (exact) mass is 662 g/mol. The zero-order chi connectivity index (χ0) is 31.6. The van der Waals surface area contributed by atoms with Crippen LogP contribution in [-0.4, -0.2) is 42.9 Å². The van der Waals surface area contributed by atoms with E-state index in [2.05, 4.69) is 16.0 Å². The van der Waals surface area contributed by atoms with Gasteiger partial charge in [-0.1, -0.05) is 83.5 Å². The molecule has 3 N–H and O–H groups in total. The summed E-state index contributed by atoms with van der Waals surface area (Å²) >= 11 is 0. The van der Waals surface area contributed by atoms with Gasteiger partial charge < -0.3 is 9.47 Å². The predicted molar refractivity (Wildman–Crippen MR) is 192 cm³/mol. The lowest BCUT2D eigenvalue weighted by Crippen LogP contribution is -2.74. The Kier molecular flexibility index (Phi) is 9.45. The Hall–Kier alpha value is -0.200. The van der Waals surface area contributed by atoms with E-state index in [0.717, 1.165) is 53.3 Å². The summed E-state index contributed by atoms with van der Waals surface area (Å²) in [5, 5.41) is 13.1. The average Bonchev–Trinajstić information content (AvgIpc) is 3.73. The number of fused-ring (bicyclic) bond motifs is 8. The Labute approximate surface area is 293 Å². The summed E-state index contributed by atoms with van der Waals surface area (Å²) in [5.41, 5.74) is 0. The van der Waals surface area contributed by atoms with Crippen LogP contribution in [0.2, 0.25) is 0 Å². The third-order valence-corrected chi connectivity index (χ3v) is 17.5. The molecule has 5 heteroatoms. The van der Waals surface area contributed by atoms with Crippen LogP contribution in [0.15, 0.2) is 0 Å². The molecule has 7 saturated carbocycles. The van der Waals surface area contributed by atoms with Crippen LogP contribution in [0, 0.1) is 65.1 Å². The molecule has 0 radical (unpaired) electrons. The SMILES string of the molecule is C1CCC(C2CCC3C(C2)OC2CC(C4NC(C5CCCCC5)NC(C5CCCC6C7CCCCC7OC56)N4)C4CCCCC4C23)CC1. The lowest BCUT2D eigenvalue weighted by Gasteiger charge is -2.55. The van der Waals surface area contributed by atoms with Crippen molar-refractivity contribution in [3.63, 3.8) is 0 Å². The number of hydrogen-bond acceptors (Lipinski definition) is 5. The highest BCUT2D eigenvalue weighted by Gasteiger charge is 2.59. The molecule has 270 valence electrons. The molecule has 5 nitrogen and oxygen atoms in total. The van der Waals surface area contributed by atoms with E-state index in [4.69, 9.17) is 9.47 Å². The molecule has 10 rings (SSSR count). The Bertz CT molecular complexity index is 1090. The second-order valence-corrected chi connectivity index (χ2v) is 19.6. The minimum Gasteiger partial charge on any atom is -0.374 e. The lowest BCUT2D eigenvalue weighted by molar-refractivity contribution is -0.0827. The highest BCUT2D eigenvalue weighted by Crippen LogP contribution is 2.59. The summed E-state index contributed by atoms with van der Waals surface area (Å²) in [6, 6.07) is 0. The van der Waals surface area contributed by atoms with Crippen molar-refractivity contribution in [2.24, 2.45) is 65.1 Å². The van der Waals surface area contributed by atoms with Gasteiger partial charge in [0.2, 0.25) is 0 Å². The summed E-state index contributed by atoms with van der Waals surface area (Å²) in [6.07, 6.45) is 39.2. The van der Waals surface area contributed by atoms with Crippen LogP contribution in [0.5, 0.6) is 0 Å². The van der Waals surface area contributed by atoms with Crippen molar-refractivity contribution in [1.82, 2.24) is 16.0 Å². The zero-order valence-corrected chi connectivity index (χ0v) is 30.4. The van der Waals surface area contributed by atoms with Gasteiger partial charge in [-0.2, -0.15) is 0 Å². The summed E-state index contributed by atoms with van der Waals surface area (Å²) in [7, 11) is 0. The first-order chi connectivity index (χ1) is 23.8. The first-order valence-electron chi connectivity index (χ1n) is 22.4. The molecule has 7 aliphatic carbocycles. The van der Waals surface area contributed by atoms with Crippen LogP contribution in [-0.2, 0) is 9.47 Å². The van der Waals surface area contributed by atoms with Crippen molar-refractivity contribution in [3.05, 3.63) is 0 Å². The maximum Gasteiger partial charge on any atom is 0.0666 e. The topological polar surface area (TPSA) is 54.5 Å². The largest absolute Gasteiger partial charge is 0.374 e. The molecule has 3 heterocycles. The quantitative estimate of drug-likeness (QED) is 0.281. The van der Waals surface area contributed by atoms with Crippen molar-refractivity contribution in [3.8, 4) is 0 Å². The smallest absolute Gasteiger partial charge is 0.0666 e. The molecule has 0 aromatic carbocycles. The van der Waals surface area contributed by atoms with E-state index in [9.17, 15) is 0 Å². The summed E-state index contributed by atoms with van der Waals surface area (Å²) in [5.74, 6) is 9.19. The van der Waals surface area contributed by atoms with Crippen molar-refractivity contribution in [2.75, 3.05) is 0 Å². The van der Waals surface area contributed by atoms with E-state index in [-0.39, 0.29) is 0 Å². The Morgan fingerprint density at radius 3 is 1.75 bits per heavy atom. The summed E-state index contributed by atoms with van der Waals surface area (Å²) in [4.78, 5) is 0. The van der Waals surface area contributed by atoms with E-state index >= 15 is 0 Å². The summed E-state index contributed by atoms with van der Waals surface area (Å²) in [6.45, 7) is 0. The van der Waals surface area contributed by atoms with E-state index in [1.54, 1.807) is 0 Å². The molecule has 3 aliphatic heterocycles. The number of rotatable bonds is 4. The molecule has 10 fully saturated rings. The molecule has 3 saturated heterocycles. The average molecular weight is 662 g/mol. The standard InChI is InChI=1S/C43H71N3O2/c1-3-12-26(13-4-1)28-22-23-33-37(24-28)47-38-25-35(29-16-7-8-18-31(29)39(33)38)43-45-41(27-14-5-2-6-15-27)44-42(46-43)34-20-11-19-32-30-17-9-10-21-36(30)48-40(32)34/h26-46H,1-25H2. The molecular formula is C43H71N3O2. The van der Waals surface area contributed by atoms with E-state index in [0.29, 0.717) is 54.7 Å². The van der Waals surface area contributed by atoms with Crippen LogP contribution in [0.25, 0.3) is 0 Å². The fraction of sp³-hybridized carbons (Fsp3) is 1.00. The molecule has 0 spiro atoms. The van der Waals surface area contributed by atoms with Gasteiger partial charge in [0.05, 0.1) is 42.9 Å². The van der Waals surface area contributed by atoms with Crippen molar-refractivity contribution < 1.29 is 9.47 Å². The Morgan fingerprint density at radius 2 is 0.938 bits per heavy atom. The molecule has 16 unspecified atom stereocenters. The number of ether oxygens (including phenoxy) is 2. The fourth-order valence-corrected chi connectivity index (χ4v) is 15.4. The number of nitrogens with one attached hydrogen (secondary N) is 3. The van der Waals surface area contributed by atoms with Crippen molar-refractivity contribution >= 4 is 0 Å². The van der Waals surface area contributed by atoms with Gasteiger partial charge in [-0.15, -0.1) is 0 Å². The molecule has 0 aromatic rings. The highest BCUT2D eigenvalue weighted by molar-refractivity contribution is 5.08. The van der Waals surface area contributed by atoms with Crippen LogP contribution >= 0.6 is 0 Å². The normalized spacial score (nSPS) is 53.2. The van der Waals surface area contributed by atoms with Gasteiger partial charge in [-0.3, -0.25) is 16.0 Å². The highest BCUT2D eigenvalue weighted by atomic mass is 16.5. The van der Waals surface area contributed by atoms with E-state index in [1.165, 1.54) is 161 Å². The van der Waals surface area contributed by atoms with Gasteiger partial charge >= 0.3 is 0 Å². The number of hydrogen-bond donors (Lipinski definition) is 3. The molecular weight excluding hydrogens is 590 g/mol. The first kappa shape index (κ1) is 32.5. The van der Waals surface area contributed by atoms with Crippen molar-refractivity contribution in [2.45, 2.75) is 203 Å². The fourth-order valence-electron chi connectivity index (χ4n) is 15.4. The van der Waals surface area contributed by atoms with Crippen LogP contribution < -0.4 is 16.0 Å². The van der Waals surface area contributed by atoms with Crippen LogP contribution in [0.4, 0.5) is 0 Å². The van der Waals surface area contributed by atoms with Crippen LogP contribution in [0.1, 0.15) is 161 Å². The predicted octanol–water partition coefficient (Wildman–Crippen LogP) is 8.91. The second kappa shape index (κ2) is 14.0. The zero-order valence-electron chi connectivity index (χ0n) is 30.4. The maximum absolute atomic E-state index is 7.37. The van der Waals surface area contributed by atoms with Gasteiger partial charge in [0.1, 0.15) is 0 Å². The molecule has 48 heavy (non-hydrogen) atoms. The second-order valence-electron chi connectivity index (χ2n) is 19.6. The molecule has 0 bridgehead atoms. The van der Waals surface area contributed by atoms with E-state index < -0.39 is 0 Å². The van der Waals surface area contributed by atoms with Crippen LogP contribution in [0.3, 0.4) is 0 Å². The van der Waals surface area contributed by atoms with Gasteiger partial charge in [0.25, 0.3) is 0 Å². The molecule has 16 atom stereocenters. The van der Waals surface area contributed by atoms with Crippen molar-refractivity contribution in [1.29, 1.82) is 0 Å². The van der Waals surface area contributed by atoms with Gasteiger partial charge in [-0.05, 0) is 136 Å². The third-order valence-electron chi connectivity index (χ3n) is 17.5. The lowest BCUT2D eigenvalue weighted by atomic mass is 9.55. The first-order valence-corrected chi connectivity index (χ1v) is 22.4. The van der Waals surface area contributed by atoms with E-state index in [1.807, 2.05) is 0 Å². The molecule has 10 aliphatic rings. The third kappa shape index (κ3) is 5.90. The maximum atomic E-state index is 7.37. The molecule has 0 amide bonds. The Morgan fingerprint density at radius 1 is 0.312 bits per heavy atom. The minimum atomic E-state index is 0.388. The van der Waals surface area contributed by atoms with Gasteiger partial charge in [0, 0.05) is 5.92 Å². The summed E-state index contributed by atoms with van der Waals surface area (Å²) < 4.78 is 14.5. The van der Waals surface area contributed by atoms with Gasteiger partial charge in [0.15, 0.2) is 0 Å². The van der Waals surface area contributed by atoms with Gasteiger partial charge in [-0.25, -0.2) is 0 Å². The molecule has 0 aromatic heterocycles. The Balaban J connectivity index is 0.902.